The van der Waals surface area contributed by atoms with Gasteiger partial charge in [-0.15, -0.1) is 24.0 Å². The van der Waals surface area contributed by atoms with Gasteiger partial charge >= 0.3 is 0 Å². The quantitative estimate of drug-likeness (QED) is 0.376. The van der Waals surface area contributed by atoms with Crippen molar-refractivity contribution in [2.75, 3.05) is 20.6 Å². The second-order valence-electron chi connectivity index (χ2n) is 5.67. The van der Waals surface area contributed by atoms with Gasteiger partial charge in [0.25, 0.3) is 0 Å². The summed E-state index contributed by atoms with van der Waals surface area (Å²) in [6, 6.07) is 8.46. The van der Waals surface area contributed by atoms with Gasteiger partial charge in [-0.2, -0.15) is 0 Å². The van der Waals surface area contributed by atoms with Crippen LogP contribution in [0, 0.1) is 0 Å². The van der Waals surface area contributed by atoms with Gasteiger partial charge in [-0.3, -0.25) is 9.79 Å². The molecule has 2 N–H and O–H groups in total. The SMILES string of the molecule is CN(Cc1ccccc1Br)C(=O)CCN=C(N)N(C)C1CC1.I. The molecule has 5 nitrogen and oxygen atoms in total. The lowest BCUT2D eigenvalue weighted by atomic mass is 10.2. The maximum absolute atomic E-state index is 12.1. The van der Waals surface area contributed by atoms with Crippen LogP contribution >= 0.6 is 39.9 Å². The molecule has 1 aliphatic rings. The summed E-state index contributed by atoms with van der Waals surface area (Å²) in [5, 5.41) is 0. The number of nitrogens with two attached hydrogens (primary N) is 1. The molecule has 0 bridgehead atoms. The van der Waals surface area contributed by atoms with Gasteiger partial charge in [-0.25, -0.2) is 0 Å². The second-order valence-corrected chi connectivity index (χ2v) is 6.53. The Labute approximate surface area is 163 Å². The maximum Gasteiger partial charge on any atom is 0.224 e. The monoisotopic (exact) mass is 494 g/mol. The first kappa shape index (κ1) is 20.2. The topological polar surface area (TPSA) is 61.9 Å². The molecule has 0 radical (unpaired) electrons. The second kappa shape index (κ2) is 9.46. The fourth-order valence-corrected chi connectivity index (χ4v) is 2.60. The number of aliphatic imine (C=N–C) groups is 1. The summed E-state index contributed by atoms with van der Waals surface area (Å²) in [7, 11) is 3.77. The molecule has 7 heteroatoms. The van der Waals surface area contributed by atoms with E-state index in [-0.39, 0.29) is 29.9 Å². The summed E-state index contributed by atoms with van der Waals surface area (Å²) in [6.07, 6.45) is 2.74. The molecule has 2 rings (SSSR count). The largest absolute Gasteiger partial charge is 0.370 e. The summed E-state index contributed by atoms with van der Waals surface area (Å²) in [4.78, 5) is 20.2. The Kier molecular flexibility index (Phi) is 8.32. The smallest absolute Gasteiger partial charge is 0.224 e. The molecule has 0 unspecified atom stereocenters. The molecule has 0 aromatic heterocycles. The van der Waals surface area contributed by atoms with E-state index in [1.807, 2.05) is 43.3 Å². The van der Waals surface area contributed by atoms with E-state index in [9.17, 15) is 4.79 Å². The minimum Gasteiger partial charge on any atom is -0.370 e. The first-order chi connectivity index (χ1) is 10.5. The average Bonchev–Trinajstić information content (AvgIpc) is 3.33. The fourth-order valence-electron chi connectivity index (χ4n) is 2.19. The molecule has 0 atom stereocenters. The van der Waals surface area contributed by atoms with Crippen LogP contribution < -0.4 is 5.73 Å². The zero-order valence-electron chi connectivity index (χ0n) is 13.5. The lowest BCUT2D eigenvalue weighted by Crippen LogP contribution is -2.36. The van der Waals surface area contributed by atoms with Crippen LogP contribution in [-0.2, 0) is 11.3 Å². The van der Waals surface area contributed by atoms with Gasteiger partial charge < -0.3 is 15.5 Å². The number of hydrogen-bond acceptors (Lipinski definition) is 2. The molecule has 1 aliphatic carbocycles. The zero-order valence-corrected chi connectivity index (χ0v) is 17.5. The van der Waals surface area contributed by atoms with Gasteiger partial charge in [0, 0.05) is 37.6 Å². The van der Waals surface area contributed by atoms with Gasteiger partial charge in [-0.1, -0.05) is 34.1 Å². The Morgan fingerprint density at radius 2 is 2.00 bits per heavy atom. The van der Waals surface area contributed by atoms with E-state index >= 15 is 0 Å². The van der Waals surface area contributed by atoms with Crippen molar-refractivity contribution < 1.29 is 4.79 Å². The third kappa shape index (κ3) is 6.29. The average molecular weight is 495 g/mol. The van der Waals surface area contributed by atoms with Crippen molar-refractivity contribution in [1.82, 2.24) is 9.80 Å². The summed E-state index contributed by atoms with van der Waals surface area (Å²) >= 11 is 3.50. The first-order valence-corrected chi connectivity index (χ1v) is 8.28. The third-order valence-electron chi connectivity index (χ3n) is 3.85. The van der Waals surface area contributed by atoms with Crippen LogP contribution in [0.2, 0.25) is 0 Å². The number of carbonyl (C=O) groups is 1. The molecule has 1 aromatic rings. The van der Waals surface area contributed by atoms with Crippen LogP contribution in [0.3, 0.4) is 0 Å². The van der Waals surface area contributed by atoms with Gasteiger partial charge in [0.1, 0.15) is 0 Å². The molecular formula is C16H24BrIN4O. The Balaban J connectivity index is 0.00000264. The Morgan fingerprint density at radius 3 is 2.61 bits per heavy atom. The standard InChI is InChI=1S/C16H23BrN4O.HI/c1-20(11-12-5-3-4-6-14(12)17)15(22)9-10-19-16(18)21(2)13-7-8-13;/h3-6,13H,7-11H2,1-2H3,(H2,18,19);1H. The molecule has 1 fully saturated rings. The van der Waals surface area contributed by atoms with Crippen molar-refractivity contribution in [3.63, 3.8) is 0 Å². The molecular weight excluding hydrogens is 471 g/mol. The van der Waals surface area contributed by atoms with Crippen molar-refractivity contribution in [2.24, 2.45) is 10.7 Å². The predicted molar refractivity (Wildman–Crippen MR) is 108 cm³/mol. The van der Waals surface area contributed by atoms with E-state index < -0.39 is 0 Å². The third-order valence-corrected chi connectivity index (χ3v) is 4.62. The fraction of sp³-hybridized carbons (Fsp3) is 0.500. The number of halogens is 2. The van der Waals surface area contributed by atoms with Crippen LogP contribution in [-0.4, -0.2) is 48.3 Å². The summed E-state index contributed by atoms with van der Waals surface area (Å²) < 4.78 is 1.02. The van der Waals surface area contributed by atoms with E-state index in [4.69, 9.17) is 5.73 Å². The zero-order chi connectivity index (χ0) is 16.1. The van der Waals surface area contributed by atoms with Crippen molar-refractivity contribution >= 4 is 51.8 Å². The highest BCUT2D eigenvalue weighted by Crippen LogP contribution is 2.24. The first-order valence-electron chi connectivity index (χ1n) is 7.49. The van der Waals surface area contributed by atoms with Crippen LogP contribution in [0.15, 0.2) is 33.7 Å². The number of guanidine groups is 1. The van der Waals surface area contributed by atoms with Crippen molar-refractivity contribution in [1.29, 1.82) is 0 Å². The Bertz CT molecular complexity index is 563. The van der Waals surface area contributed by atoms with Crippen LogP contribution in [0.25, 0.3) is 0 Å². The molecule has 1 saturated carbocycles. The van der Waals surface area contributed by atoms with Crippen LogP contribution in [0.1, 0.15) is 24.8 Å². The molecule has 0 aliphatic heterocycles. The molecule has 23 heavy (non-hydrogen) atoms. The molecule has 128 valence electrons. The number of carbonyl (C=O) groups excluding carboxylic acids is 1. The number of rotatable bonds is 6. The predicted octanol–water partition coefficient (Wildman–Crippen LogP) is 2.82. The molecule has 0 heterocycles. The summed E-state index contributed by atoms with van der Waals surface area (Å²) in [5.41, 5.74) is 7.00. The lowest BCUT2D eigenvalue weighted by molar-refractivity contribution is -0.130. The van der Waals surface area contributed by atoms with E-state index in [2.05, 4.69) is 20.9 Å². The van der Waals surface area contributed by atoms with E-state index in [0.29, 0.717) is 31.5 Å². The van der Waals surface area contributed by atoms with Crippen LogP contribution in [0.4, 0.5) is 0 Å². The van der Waals surface area contributed by atoms with Crippen molar-refractivity contribution in [3.05, 3.63) is 34.3 Å². The highest BCUT2D eigenvalue weighted by Gasteiger charge is 2.27. The van der Waals surface area contributed by atoms with Gasteiger partial charge in [-0.05, 0) is 24.5 Å². The number of benzene rings is 1. The summed E-state index contributed by atoms with van der Waals surface area (Å²) in [5.74, 6) is 0.602. The van der Waals surface area contributed by atoms with Crippen LogP contribution in [0.5, 0.6) is 0 Å². The number of amides is 1. The minimum absolute atomic E-state index is 0. The highest BCUT2D eigenvalue weighted by molar-refractivity contribution is 14.0. The lowest BCUT2D eigenvalue weighted by Gasteiger charge is -2.19. The Hall–Kier alpha value is -0.830. The van der Waals surface area contributed by atoms with Gasteiger partial charge in [0.2, 0.25) is 5.91 Å². The Morgan fingerprint density at radius 1 is 1.35 bits per heavy atom. The van der Waals surface area contributed by atoms with E-state index in [1.165, 1.54) is 12.8 Å². The van der Waals surface area contributed by atoms with Gasteiger partial charge in [0.15, 0.2) is 5.96 Å². The molecule has 1 amide bonds. The molecule has 0 spiro atoms. The van der Waals surface area contributed by atoms with Gasteiger partial charge in [0.05, 0.1) is 6.54 Å². The molecule has 0 saturated heterocycles. The van der Waals surface area contributed by atoms with E-state index in [1.54, 1.807) is 4.90 Å². The van der Waals surface area contributed by atoms with Crippen molar-refractivity contribution in [2.45, 2.75) is 31.8 Å². The highest BCUT2D eigenvalue weighted by atomic mass is 127. The number of hydrogen-bond donors (Lipinski definition) is 1. The van der Waals surface area contributed by atoms with Crippen molar-refractivity contribution in [3.8, 4) is 0 Å². The normalized spacial score (nSPS) is 14.1. The van der Waals surface area contributed by atoms with E-state index in [0.717, 1.165) is 10.0 Å². The minimum atomic E-state index is 0. The maximum atomic E-state index is 12.1. The summed E-state index contributed by atoms with van der Waals surface area (Å²) in [6.45, 7) is 1.02. The number of nitrogens with zero attached hydrogens (tertiary/aromatic N) is 3. The molecule has 1 aromatic carbocycles.